The number of rotatable bonds is 1. The molecule has 1 heteroatoms. The first kappa shape index (κ1) is 20.9. The third-order valence-electron chi connectivity index (χ3n) is 11.2. The average Bonchev–Trinajstić information content (AvgIpc) is 2.80. The molecule has 4 fully saturated rings. The zero-order chi connectivity index (χ0) is 20.3. The minimum atomic E-state index is 0.433. The van der Waals surface area contributed by atoms with Crippen LogP contribution in [0.3, 0.4) is 0 Å². The molecule has 28 heavy (non-hydrogen) atoms. The Labute approximate surface area is 175 Å². The van der Waals surface area contributed by atoms with Crippen LogP contribution in [0, 0.1) is 57.2 Å². The summed E-state index contributed by atoms with van der Waals surface area (Å²) in [5, 5.41) is 8.45. The average molecular weight is 386 g/mol. The summed E-state index contributed by atoms with van der Waals surface area (Å²) in [7, 11) is 0. The van der Waals surface area contributed by atoms with Gasteiger partial charge in [0.2, 0.25) is 0 Å². The molecule has 0 aromatic heterocycles. The van der Waals surface area contributed by atoms with E-state index in [-0.39, 0.29) is 0 Å². The normalized spacial score (nSPS) is 49.4. The van der Waals surface area contributed by atoms with Gasteiger partial charge in [0.15, 0.2) is 0 Å². The fourth-order valence-corrected chi connectivity index (χ4v) is 8.81. The predicted octanol–water partition coefficient (Wildman–Crippen LogP) is 8.13. The van der Waals surface area contributed by atoms with Gasteiger partial charge in [-0.2, -0.15) is 0 Å². The van der Waals surface area contributed by atoms with Crippen molar-refractivity contribution in [1.82, 2.24) is 0 Å². The number of hydrogen-bond donors (Lipinski definition) is 1. The molecule has 0 heterocycles. The Morgan fingerprint density at radius 3 is 2.14 bits per heavy atom. The topological polar surface area (TPSA) is 23.9 Å². The van der Waals surface area contributed by atoms with Crippen LogP contribution in [0.15, 0.2) is 0 Å². The molecule has 8 atom stereocenters. The third kappa shape index (κ3) is 3.22. The van der Waals surface area contributed by atoms with Gasteiger partial charge < -0.3 is 5.41 Å². The van der Waals surface area contributed by atoms with Gasteiger partial charge >= 0.3 is 0 Å². The van der Waals surface area contributed by atoms with Gasteiger partial charge in [0.25, 0.3) is 0 Å². The Morgan fingerprint density at radius 2 is 1.46 bits per heavy atom. The highest BCUT2D eigenvalue weighted by atomic mass is 14.6. The molecule has 1 nitrogen and oxygen atoms in total. The summed E-state index contributed by atoms with van der Waals surface area (Å²) < 4.78 is 0. The van der Waals surface area contributed by atoms with Crippen molar-refractivity contribution in [2.75, 3.05) is 0 Å². The fourth-order valence-electron chi connectivity index (χ4n) is 8.81. The van der Waals surface area contributed by atoms with Gasteiger partial charge in [-0.1, -0.05) is 41.0 Å². The summed E-state index contributed by atoms with van der Waals surface area (Å²) in [6.45, 7) is 14.7. The quantitative estimate of drug-likeness (QED) is 0.440. The second-order valence-corrected chi connectivity index (χ2v) is 13.0. The van der Waals surface area contributed by atoms with E-state index < -0.39 is 0 Å². The Kier molecular flexibility index (Phi) is 5.32. The lowest BCUT2D eigenvalue weighted by molar-refractivity contribution is -0.0876. The number of hydrogen-bond acceptors (Lipinski definition) is 1. The zero-order valence-electron chi connectivity index (χ0n) is 19.7. The molecular formula is C27H47N. The summed E-state index contributed by atoms with van der Waals surface area (Å²) >= 11 is 0. The standard InChI is InChI=1S/C27H47N/c1-18(28)23-8-7-9-24-22-11-10-19-12-15-26(5,25(2,3)4)16-13-20(19)21(22)14-17-27(23,24)6/h19-24,28H,7-17H2,1-6H3/t19-,20+,21-,22?,23-,24+,26+,27-/m1/s1. The SMILES string of the molecule is CC(=N)[C@H]1CCC[C@H]2C3CC[C@@H]4CC[C@](C)(C(C)(C)C)CC[C@@H]4[C@H]3CC[C@]12C. The summed E-state index contributed by atoms with van der Waals surface area (Å²) in [5.74, 6) is 5.48. The van der Waals surface area contributed by atoms with Crippen LogP contribution >= 0.6 is 0 Å². The zero-order valence-corrected chi connectivity index (χ0v) is 19.7. The number of nitrogens with one attached hydrogen (secondary N) is 1. The van der Waals surface area contributed by atoms with Crippen molar-refractivity contribution in [2.45, 2.75) is 112 Å². The smallest absolute Gasteiger partial charge is 0.00946 e. The first-order chi connectivity index (χ1) is 13.1. The first-order valence-electron chi connectivity index (χ1n) is 12.6. The molecule has 4 rings (SSSR count). The van der Waals surface area contributed by atoms with E-state index >= 15 is 0 Å². The Hall–Kier alpha value is -0.330. The van der Waals surface area contributed by atoms with E-state index in [1.165, 1.54) is 70.6 Å². The minimum Gasteiger partial charge on any atom is -0.310 e. The van der Waals surface area contributed by atoms with Gasteiger partial charge in [-0.3, -0.25) is 0 Å². The van der Waals surface area contributed by atoms with Crippen LogP contribution < -0.4 is 0 Å². The molecule has 0 aromatic rings. The lowest BCUT2D eigenvalue weighted by Crippen LogP contribution is -2.53. The highest BCUT2D eigenvalue weighted by molar-refractivity contribution is 5.82. The second kappa shape index (κ2) is 7.12. The summed E-state index contributed by atoms with van der Waals surface area (Å²) in [6.07, 6.45) is 15.9. The van der Waals surface area contributed by atoms with Crippen LogP contribution in [0.2, 0.25) is 0 Å². The molecule has 0 bridgehead atoms. The monoisotopic (exact) mass is 385 g/mol. The molecule has 0 saturated heterocycles. The molecule has 4 aliphatic carbocycles. The second-order valence-electron chi connectivity index (χ2n) is 13.0. The lowest BCUT2D eigenvalue weighted by atomic mass is 9.45. The third-order valence-corrected chi connectivity index (χ3v) is 11.2. The molecule has 1 N–H and O–H groups in total. The fraction of sp³-hybridized carbons (Fsp3) is 0.963. The van der Waals surface area contributed by atoms with Crippen LogP contribution in [-0.4, -0.2) is 5.71 Å². The maximum Gasteiger partial charge on any atom is 0.00946 e. The van der Waals surface area contributed by atoms with Gasteiger partial charge in [0.05, 0.1) is 0 Å². The van der Waals surface area contributed by atoms with Crippen LogP contribution in [-0.2, 0) is 0 Å². The van der Waals surface area contributed by atoms with Crippen molar-refractivity contribution in [1.29, 1.82) is 5.41 Å². The largest absolute Gasteiger partial charge is 0.310 e. The molecule has 0 aliphatic heterocycles. The molecule has 0 amide bonds. The molecule has 0 radical (unpaired) electrons. The van der Waals surface area contributed by atoms with Gasteiger partial charge in [0, 0.05) is 11.6 Å². The van der Waals surface area contributed by atoms with E-state index in [1.54, 1.807) is 0 Å². The van der Waals surface area contributed by atoms with Crippen LogP contribution in [0.1, 0.15) is 112 Å². The molecule has 0 spiro atoms. The van der Waals surface area contributed by atoms with E-state index in [0.29, 0.717) is 22.2 Å². The van der Waals surface area contributed by atoms with E-state index in [1.807, 2.05) is 0 Å². The van der Waals surface area contributed by atoms with Gasteiger partial charge in [0.1, 0.15) is 0 Å². The molecular weight excluding hydrogens is 338 g/mol. The maximum atomic E-state index is 8.45. The van der Waals surface area contributed by atoms with E-state index in [4.69, 9.17) is 5.41 Å². The van der Waals surface area contributed by atoms with Crippen molar-refractivity contribution in [3.05, 3.63) is 0 Å². The van der Waals surface area contributed by atoms with Crippen molar-refractivity contribution in [3.63, 3.8) is 0 Å². The van der Waals surface area contributed by atoms with Crippen LogP contribution in [0.25, 0.3) is 0 Å². The van der Waals surface area contributed by atoms with Crippen molar-refractivity contribution >= 4 is 5.71 Å². The lowest BCUT2D eigenvalue weighted by Gasteiger charge is -2.59. The molecule has 160 valence electrons. The summed E-state index contributed by atoms with van der Waals surface area (Å²) in [4.78, 5) is 0. The van der Waals surface area contributed by atoms with Gasteiger partial charge in [-0.25, -0.2) is 0 Å². The molecule has 0 aromatic carbocycles. The maximum absolute atomic E-state index is 8.45. The highest BCUT2D eigenvalue weighted by Crippen LogP contribution is 2.64. The Morgan fingerprint density at radius 1 is 0.786 bits per heavy atom. The summed E-state index contributed by atoms with van der Waals surface area (Å²) in [5.41, 5.74) is 2.37. The number of fused-ring (bicyclic) bond motifs is 5. The predicted molar refractivity (Wildman–Crippen MR) is 121 cm³/mol. The summed E-state index contributed by atoms with van der Waals surface area (Å²) in [6, 6.07) is 0. The molecule has 1 unspecified atom stereocenters. The van der Waals surface area contributed by atoms with Crippen molar-refractivity contribution in [3.8, 4) is 0 Å². The molecule has 4 saturated carbocycles. The van der Waals surface area contributed by atoms with E-state index in [2.05, 4.69) is 41.5 Å². The first-order valence-corrected chi connectivity index (χ1v) is 12.6. The van der Waals surface area contributed by atoms with E-state index in [9.17, 15) is 0 Å². The van der Waals surface area contributed by atoms with Gasteiger partial charge in [-0.05, 0) is 117 Å². The van der Waals surface area contributed by atoms with Crippen LogP contribution in [0.5, 0.6) is 0 Å². The van der Waals surface area contributed by atoms with Gasteiger partial charge in [-0.15, -0.1) is 0 Å². The van der Waals surface area contributed by atoms with Crippen molar-refractivity contribution < 1.29 is 0 Å². The van der Waals surface area contributed by atoms with Crippen LogP contribution in [0.4, 0.5) is 0 Å². The van der Waals surface area contributed by atoms with Crippen molar-refractivity contribution in [2.24, 2.45) is 51.8 Å². The minimum absolute atomic E-state index is 0.433. The van der Waals surface area contributed by atoms with E-state index in [0.717, 1.165) is 35.3 Å². The molecule has 4 aliphatic rings. The Balaban J connectivity index is 1.56. The highest BCUT2D eigenvalue weighted by Gasteiger charge is 2.56. The Bertz CT molecular complexity index is 600.